The molecule has 2 amide bonds. The Bertz CT molecular complexity index is 680. The van der Waals surface area contributed by atoms with Crippen LogP contribution in [0.4, 0.5) is 4.79 Å². The van der Waals surface area contributed by atoms with E-state index in [1.165, 1.54) is 11.1 Å². The van der Waals surface area contributed by atoms with Crippen LogP contribution in [0.1, 0.15) is 24.8 Å². The molecule has 0 saturated carbocycles. The molecule has 0 radical (unpaired) electrons. The number of nitrogens with zero attached hydrogens (tertiary/aromatic N) is 1. The van der Waals surface area contributed by atoms with E-state index >= 15 is 0 Å². The molecule has 1 aliphatic heterocycles. The van der Waals surface area contributed by atoms with Crippen molar-refractivity contribution in [2.75, 3.05) is 12.0 Å². The molecule has 2 atom stereocenters. The molecule has 0 bridgehead atoms. The predicted octanol–water partition coefficient (Wildman–Crippen LogP) is 2.62. The Morgan fingerprint density at radius 2 is 2.07 bits per heavy atom. The second-order valence-corrected chi connectivity index (χ2v) is 7.09. The number of rotatable bonds is 8. The summed E-state index contributed by atoms with van der Waals surface area (Å²) in [5, 5.41) is 11.9. The van der Waals surface area contributed by atoms with Gasteiger partial charge in [-0.05, 0) is 36.8 Å². The van der Waals surface area contributed by atoms with Crippen LogP contribution < -0.4 is 5.32 Å². The number of hydrogen-bond acceptors (Lipinski definition) is 5. The monoisotopic (exact) mass is 392 g/mol. The zero-order valence-corrected chi connectivity index (χ0v) is 16.0. The average Bonchev–Trinajstić information content (AvgIpc) is 2.69. The molecule has 1 aromatic carbocycles. The Labute approximate surface area is 162 Å². The number of nitrogens with one attached hydrogen (secondary N) is 1. The first-order valence-corrected chi connectivity index (χ1v) is 10.1. The summed E-state index contributed by atoms with van der Waals surface area (Å²) in [6.45, 7) is 0.0947. The molecule has 27 heavy (non-hydrogen) atoms. The standard InChI is InChI=1S/C19H24N2O5S/c1-27-12-10-15(17(22)21-11-6-5-9-16(21)18(23)24)20-19(25)26-13-14-7-3-2-4-8-14/h2-4,6-8,11,15-16H,5,9-10,12-13H2,1H3,(H,20,25)(H,23,24)/t15-,16-/m0/s1. The molecule has 0 aliphatic carbocycles. The number of benzene rings is 1. The van der Waals surface area contributed by atoms with Gasteiger partial charge in [0.2, 0.25) is 5.91 Å². The van der Waals surface area contributed by atoms with Gasteiger partial charge in [-0.3, -0.25) is 4.79 Å². The Balaban J connectivity index is 2.01. The molecule has 2 rings (SSSR count). The summed E-state index contributed by atoms with van der Waals surface area (Å²) in [6.07, 6.45) is 5.79. The van der Waals surface area contributed by atoms with E-state index in [0.29, 0.717) is 25.0 Å². The van der Waals surface area contributed by atoms with E-state index in [0.717, 1.165) is 5.56 Å². The van der Waals surface area contributed by atoms with Crippen molar-refractivity contribution in [3.8, 4) is 0 Å². The maximum atomic E-state index is 12.9. The number of thioether (sulfide) groups is 1. The number of allylic oxidation sites excluding steroid dienone is 1. The zero-order chi connectivity index (χ0) is 19.6. The molecule has 1 aliphatic rings. The van der Waals surface area contributed by atoms with Crippen molar-refractivity contribution >= 4 is 29.7 Å². The van der Waals surface area contributed by atoms with Gasteiger partial charge < -0.3 is 20.1 Å². The predicted molar refractivity (Wildman–Crippen MR) is 103 cm³/mol. The fourth-order valence-corrected chi connectivity index (χ4v) is 3.21. The number of carbonyl (C=O) groups excluding carboxylic acids is 2. The number of carboxylic acids is 1. The Hall–Kier alpha value is -2.48. The van der Waals surface area contributed by atoms with Gasteiger partial charge in [-0.15, -0.1) is 0 Å². The molecule has 0 fully saturated rings. The van der Waals surface area contributed by atoms with Gasteiger partial charge in [0, 0.05) is 6.20 Å². The van der Waals surface area contributed by atoms with Crippen LogP contribution in [0.3, 0.4) is 0 Å². The van der Waals surface area contributed by atoms with Crippen LogP contribution in [0, 0.1) is 0 Å². The molecule has 0 aromatic heterocycles. The number of carboxylic acid groups (broad SMARTS) is 1. The Morgan fingerprint density at radius 1 is 1.33 bits per heavy atom. The van der Waals surface area contributed by atoms with Gasteiger partial charge in [-0.1, -0.05) is 36.4 Å². The number of ether oxygens (including phenoxy) is 1. The molecule has 1 aromatic rings. The number of alkyl carbamates (subject to hydrolysis) is 1. The van der Waals surface area contributed by atoms with Gasteiger partial charge >= 0.3 is 12.1 Å². The van der Waals surface area contributed by atoms with E-state index < -0.39 is 30.1 Å². The molecule has 0 unspecified atom stereocenters. The van der Waals surface area contributed by atoms with E-state index in [9.17, 15) is 19.5 Å². The molecule has 0 saturated heterocycles. The highest BCUT2D eigenvalue weighted by Crippen LogP contribution is 2.18. The van der Waals surface area contributed by atoms with Crippen molar-refractivity contribution in [3.05, 3.63) is 48.2 Å². The lowest BCUT2D eigenvalue weighted by atomic mass is 10.0. The molecule has 7 nitrogen and oxygen atoms in total. The second kappa shape index (κ2) is 10.6. The summed E-state index contributed by atoms with van der Waals surface area (Å²) in [7, 11) is 0. The lowest BCUT2D eigenvalue weighted by molar-refractivity contribution is -0.149. The maximum absolute atomic E-state index is 12.9. The highest BCUT2D eigenvalue weighted by atomic mass is 32.2. The number of aliphatic carboxylic acids is 1. The fraction of sp³-hybridized carbons (Fsp3) is 0.421. The first-order chi connectivity index (χ1) is 13.0. The minimum Gasteiger partial charge on any atom is -0.480 e. The number of carbonyl (C=O) groups is 3. The van der Waals surface area contributed by atoms with Gasteiger partial charge in [0.25, 0.3) is 0 Å². The summed E-state index contributed by atoms with van der Waals surface area (Å²) in [5.41, 5.74) is 0.838. The average molecular weight is 392 g/mol. The second-order valence-electron chi connectivity index (χ2n) is 6.10. The van der Waals surface area contributed by atoms with Crippen LogP contribution in [0.2, 0.25) is 0 Å². The molecule has 1 heterocycles. The van der Waals surface area contributed by atoms with Gasteiger partial charge in [-0.25, -0.2) is 9.59 Å². The van der Waals surface area contributed by atoms with Crippen LogP contribution in [-0.4, -0.2) is 52.1 Å². The number of amides is 2. The van der Waals surface area contributed by atoms with E-state index in [-0.39, 0.29) is 6.61 Å². The lowest BCUT2D eigenvalue weighted by Gasteiger charge is -2.31. The van der Waals surface area contributed by atoms with Gasteiger partial charge in [0.15, 0.2) is 0 Å². The zero-order valence-electron chi connectivity index (χ0n) is 15.2. The van der Waals surface area contributed by atoms with Gasteiger partial charge in [0.05, 0.1) is 0 Å². The smallest absolute Gasteiger partial charge is 0.408 e. The minimum absolute atomic E-state index is 0.0947. The molecule has 8 heteroatoms. The van der Waals surface area contributed by atoms with E-state index in [2.05, 4.69) is 5.32 Å². The summed E-state index contributed by atoms with van der Waals surface area (Å²) in [6, 6.07) is 7.46. The highest BCUT2D eigenvalue weighted by Gasteiger charge is 2.34. The van der Waals surface area contributed by atoms with E-state index in [1.54, 1.807) is 17.8 Å². The molecule has 2 N–H and O–H groups in total. The summed E-state index contributed by atoms with van der Waals surface area (Å²) in [5.74, 6) is -0.850. The van der Waals surface area contributed by atoms with Crippen molar-refractivity contribution in [1.29, 1.82) is 0 Å². The van der Waals surface area contributed by atoms with Crippen molar-refractivity contribution in [2.45, 2.75) is 38.0 Å². The quantitative estimate of drug-likeness (QED) is 0.706. The first-order valence-electron chi connectivity index (χ1n) is 8.70. The molecule has 0 spiro atoms. The normalized spacial score (nSPS) is 17.2. The maximum Gasteiger partial charge on any atom is 0.408 e. The van der Waals surface area contributed by atoms with E-state index in [4.69, 9.17) is 4.74 Å². The van der Waals surface area contributed by atoms with E-state index in [1.807, 2.05) is 36.6 Å². The van der Waals surface area contributed by atoms with Gasteiger partial charge in [-0.2, -0.15) is 11.8 Å². The Morgan fingerprint density at radius 3 is 2.74 bits per heavy atom. The highest BCUT2D eigenvalue weighted by molar-refractivity contribution is 7.98. The van der Waals surface area contributed by atoms with Crippen LogP contribution in [0.5, 0.6) is 0 Å². The van der Waals surface area contributed by atoms with Crippen LogP contribution in [0.15, 0.2) is 42.6 Å². The van der Waals surface area contributed by atoms with Crippen molar-refractivity contribution in [1.82, 2.24) is 10.2 Å². The van der Waals surface area contributed by atoms with Crippen LogP contribution in [-0.2, 0) is 20.9 Å². The third-order valence-electron chi connectivity index (χ3n) is 4.16. The van der Waals surface area contributed by atoms with Crippen molar-refractivity contribution < 1.29 is 24.2 Å². The third-order valence-corrected chi connectivity index (χ3v) is 4.81. The fourth-order valence-electron chi connectivity index (χ4n) is 2.73. The first kappa shape index (κ1) is 20.8. The van der Waals surface area contributed by atoms with Crippen molar-refractivity contribution in [2.24, 2.45) is 0 Å². The SMILES string of the molecule is CSCC[C@H](NC(=O)OCc1ccccc1)C(=O)N1C=CCC[C@H]1C(=O)O. The third kappa shape index (κ3) is 6.32. The molecule has 146 valence electrons. The summed E-state index contributed by atoms with van der Waals surface area (Å²) >= 11 is 1.54. The molecular weight excluding hydrogens is 368 g/mol. The van der Waals surface area contributed by atoms with Gasteiger partial charge in [0.1, 0.15) is 18.7 Å². The Kier molecular flexibility index (Phi) is 8.19. The van der Waals surface area contributed by atoms with Crippen LogP contribution in [0.25, 0.3) is 0 Å². The lowest BCUT2D eigenvalue weighted by Crippen LogP contribution is -2.52. The summed E-state index contributed by atoms with van der Waals surface area (Å²) in [4.78, 5) is 37.7. The van der Waals surface area contributed by atoms with Crippen LogP contribution >= 0.6 is 11.8 Å². The largest absolute Gasteiger partial charge is 0.480 e. The topological polar surface area (TPSA) is 95.9 Å². The summed E-state index contributed by atoms with van der Waals surface area (Å²) < 4.78 is 5.19. The van der Waals surface area contributed by atoms with Crippen molar-refractivity contribution in [3.63, 3.8) is 0 Å². The minimum atomic E-state index is -1.05. The number of hydrogen-bond donors (Lipinski definition) is 2. The molecular formula is C19H24N2O5S.